The molecule has 0 radical (unpaired) electrons. The number of rotatable bonds is 8. The van der Waals surface area contributed by atoms with Crippen molar-refractivity contribution < 1.29 is 19.4 Å². The number of carbonyl (C=O) groups excluding carboxylic acids is 1. The fourth-order valence-electron chi connectivity index (χ4n) is 2.06. The summed E-state index contributed by atoms with van der Waals surface area (Å²) in [7, 11) is 0. The number of aliphatic carboxylic acids is 1. The van der Waals surface area contributed by atoms with Crippen LogP contribution in [0.1, 0.15) is 50.9 Å². The zero-order chi connectivity index (χ0) is 16.8. The smallest absolute Gasteiger partial charge is 0.311 e. The molecule has 0 fully saturated rings. The molecule has 1 amide bonds. The molecule has 122 valence electrons. The summed E-state index contributed by atoms with van der Waals surface area (Å²) in [6.45, 7) is 7.50. The van der Waals surface area contributed by atoms with Crippen molar-refractivity contribution in [3.05, 3.63) is 23.9 Å². The Morgan fingerprint density at radius 1 is 1.32 bits per heavy atom. The first-order chi connectivity index (χ1) is 10.3. The molecule has 0 aliphatic carbocycles. The molecular weight excluding hydrogens is 284 g/mol. The molecule has 0 saturated carbocycles. The maximum absolute atomic E-state index is 12.1. The quantitative estimate of drug-likeness (QED) is 0.770. The third kappa shape index (κ3) is 4.44. The van der Waals surface area contributed by atoms with Crippen LogP contribution in [0.2, 0.25) is 0 Å². The second-order valence-electron chi connectivity index (χ2n) is 5.53. The number of carbonyl (C=O) groups is 2. The Hall–Kier alpha value is -2.11. The van der Waals surface area contributed by atoms with E-state index in [1.54, 1.807) is 12.1 Å². The summed E-state index contributed by atoms with van der Waals surface area (Å²) in [4.78, 5) is 27.6. The number of amides is 1. The number of hydrogen-bond acceptors (Lipinski definition) is 4. The third-order valence-electron chi connectivity index (χ3n) is 3.75. The van der Waals surface area contributed by atoms with Gasteiger partial charge in [0, 0.05) is 18.8 Å². The third-order valence-corrected chi connectivity index (χ3v) is 3.75. The van der Waals surface area contributed by atoms with Gasteiger partial charge in [0.15, 0.2) is 0 Å². The molecule has 0 aromatic carbocycles. The minimum atomic E-state index is -0.927. The fourth-order valence-corrected chi connectivity index (χ4v) is 2.06. The molecule has 0 aliphatic heterocycles. The molecule has 1 aromatic rings. The molecule has 0 saturated heterocycles. The zero-order valence-corrected chi connectivity index (χ0v) is 13.5. The first kappa shape index (κ1) is 17.9. The second kappa shape index (κ2) is 7.77. The number of nitrogens with one attached hydrogen (secondary N) is 1. The Kier molecular flexibility index (Phi) is 6.34. The molecular formula is C16H24N2O4. The molecule has 0 aliphatic rings. The number of hydrogen-bond donors (Lipinski definition) is 2. The fraction of sp³-hybridized carbons (Fsp3) is 0.562. The standard InChI is InChI=1S/C16H24N2O4/c1-5-16(6-2,15(20)21)10-18-14(19)12-7-8-13(17-9-12)22-11(3)4/h7-9,11H,5-6,10H2,1-4H3,(H,18,19)(H,20,21). The molecule has 22 heavy (non-hydrogen) atoms. The number of carboxylic acid groups (broad SMARTS) is 1. The van der Waals surface area contributed by atoms with Crippen LogP contribution in [0, 0.1) is 5.41 Å². The highest BCUT2D eigenvalue weighted by Crippen LogP contribution is 2.25. The number of aromatic nitrogens is 1. The van der Waals surface area contributed by atoms with Gasteiger partial charge in [-0.2, -0.15) is 0 Å². The normalized spacial score (nSPS) is 11.3. The van der Waals surface area contributed by atoms with Gasteiger partial charge in [0.2, 0.25) is 5.88 Å². The van der Waals surface area contributed by atoms with Gasteiger partial charge in [-0.15, -0.1) is 0 Å². The maximum atomic E-state index is 12.1. The average molecular weight is 308 g/mol. The summed E-state index contributed by atoms with van der Waals surface area (Å²) in [6.07, 6.45) is 2.35. The lowest BCUT2D eigenvalue weighted by molar-refractivity contribution is -0.149. The van der Waals surface area contributed by atoms with Crippen LogP contribution in [-0.2, 0) is 4.79 Å². The summed E-state index contributed by atoms with van der Waals surface area (Å²) in [6, 6.07) is 3.24. The summed E-state index contributed by atoms with van der Waals surface area (Å²) in [5.41, 5.74) is -0.549. The van der Waals surface area contributed by atoms with Crippen molar-refractivity contribution in [3.8, 4) is 5.88 Å². The molecule has 0 unspecified atom stereocenters. The van der Waals surface area contributed by atoms with Gasteiger partial charge in [0.1, 0.15) is 0 Å². The summed E-state index contributed by atoms with van der Waals surface area (Å²) in [5, 5.41) is 12.0. The van der Waals surface area contributed by atoms with Crippen LogP contribution in [-0.4, -0.2) is 34.6 Å². The van der Waals surface area contributed by atoms with Gasteiger partial charge in [-0.3, -0.25) is 9.59 Å². The van der Waals surface area contributed by atoms with E-state index in [9.17, 15) is 14.7 Å². The predicted octanol–water partition coefficient (Wildman–Crippen LogP) is 2.49. The van der Waals surface area contributed by atoms with Gasteiger partial charge >= 0.3 is 5.97 Å². The highest BCUT2D eigenvalue weighted by Gasteiger charge is 2.35. The van der Waals surface area contributed by atoms with Crippen LogP contribution in [0.3, 0.4) is 0 Å². The van der Waals surface area contributed by atoms with E-state index in [2.05, 4.69) is 10.3 Å². The minimum absolute atomic E-state index is 0.0115. The van der Waals surface area contributed by atoms with E-state index in [0.717, 1.165) is 0 Å². The topological polar surface area (TPSA) is 88.5 Å². The molecule has 0 spiro atoms. The molecule has 1 heterocycles. The highest BCUT2D eigenvalue weighted by molar-refractivity contribution is 5.94. The van der Waals surface area contributed by atoms with Crippen LogP contribution in [0.25, 0.3) is 0 Å². The summed E-state index contributed by atoms with van der Waals surface area (Å²) in [5.74, 6) is -0.777. The van der Waals surface area contributed by atoms with Crippen molar-refractivity contribution in [2.45, 2.75) is 46.6 Å². The molecule has 6 heteroatoms. The van der Waals surface area contributed by atoms with Gasteiger partial charge < -0.3 is 15.2 Å². The van der Waals surface area contributed by atoms with Gasteiger partial charge in [-0.25, -0.2) is 4.98 Å². The maximum Gasteiger partial charge on any atom is 0.311 e. The van der Waals surface area contributed by atoms with Gasteiger partial charge in [-0.05, 0) is 32.8 Å². The van der Waals surface area contributed by atoms with E-state index in [-0.39, 0.29) is 18.6 Å². The first-order valence-electron chi connectivity index (χ1n) is 7.49. The molecule has 0 bridgehead atoms. The molecule has 0 atom stereocenters. The van der Waals surface area contributed by atoms with Crippen LogP contribution in [0.5, 0.6) is 5.88 Å². The van der Waals surface area contributed by atoms with Crippen molar-refractivity contribution in [3.63, 3.8) is 0 Å². The van der Waals surface area contributed by atoms with E-state index in [1.165, 1.54) is 6.20 Å². The SMILES string of the molecule is CCC(CC)(CNC(=O)c1ccc(OC(C)C)nc1)C(=O)O. The van der Waals surface area contributed by atoms with Crippen LogP contribution < -0.4 is 10.1 Å². The Morgan fingerprint density at radius 2 is 1.95 bits per heavy atom. The summed E-state index contributed by atoms with van der Waals surface area (Å²) >= 11 is 0. The monoisotopic (exact) mass is 308 g/mol. The molecule has 6 nitrogen and oxygen atoms in total. The summed E-state index contributed by atoms with van der Waals surface area (Å²) < 4.78 is 5.41. The van der Waals surface area contributed by atoms with Gasteiger partial charge in [0.05, 0.1) is 17.1 Å². The average Bonchev–Trinajstić information content (AvgIpc) is 2.48. The number of carboxylic acids is 1. The number of nitrogens with zero attached hydrogens (tertiary/aromatic N) is 1. The first-order valence-corrected chi connectivity index (χ1v) is 7.49. The van der Waals surface area contributed by atoms with Crippen molar-refractivity contribution in [1.29, 1.82) is 0 Å². The Balaban J connectivity index is 2.71. The Labute approximate surface area is 130 Å². The number of pyridine rings is 1. The van der Waals surface area contributed by atoms with Crippen LogP contribution in [0.15, 0.2) is 18.3 Å². The molecule has 1 rings (SSSR count). The minimum Gasteiger partial charge on any atom is -0.481 e. The van der Waals surface area contributed by atoms with E-state index in [4.69, 9.17) is 4.74 Å². The van der Waals surface area contributed by atoms with E-state index in [1.807, 2.05) is 27.7 Å². The molecule has 1 aromatic heterocycles. The van der Waals surface area contributed by atoms with E-state index >= 15 is 0 Å². The lowest BCUT2D eigenvalue weighted by Crippen LogP contribution is -2.42. The van der Waals surface area contributed by atoms with E-state index in [0.29, 0.717) is 24.3 Å². The van der Waals surface area contributed by atoms with Crippen LogP contribution in [0.4, 0.5) is 0 Å². The van der Waals surface area contributed by atoms with E-state index < -0.39 is 11.4 Å². The Morgan fingerprint density at radius 3 is 2.36 bits per heavy atom. The Bertz CT molecular complexity index is 507. The zero-order valence-electron chi connectivity index (χ0n) is 13.5. The van der Waals surface area contributed by atoms with Crippen molar-refractivity contribution in [1.82, 2.24) is 10.3 Å². The lowest BCUT2D eigenvalue weighted by Gasteiger charge is -2.26. The van der Waals surface area contributed by atoms with Gasteiger partial charge in [0.25, 0.3) is 5.91 Å². The largest absolute Gasteiger partial charge is 0.481 e. The van der Waals surface area contributed by atoms with Gasteiger partial charge in [-0.1, -0.05) is 13.8 Å². The second-order valence-corrected chi connectivity index (χ2v) is 5.53. The predicted molar refractivity (Wildman–Crippen MR) is 83.0 cm³/mol. The van der Waals surface area contributed by atoms with Crippen molar-refractivity contribution in [2.75, 3.05) is 6.54 Å². The van der Waals surface area contributed by atoms with Crippen molar-refractivity contribution >= 4 is 11.9 Å². The molecule has 2 N–H and O–H groups in total. The van der Waals surface area contributed by atoms with Crippen LogP contribution >= 0.6 is 0 Å². The highest BCUT2D eigenvalue weighted by atomic mass is 16.5. The van der Waals surface area contributed by atoms with Crippen molar-refractivity contribution in [2.24, 2.45) is 5.41 Å². The number of ether oxygens (including phenoxy) is 1. The lowest BCUT2D eigenvalue weighted by atomic mass is 9.82.